The van der Waals surface area contributed by atoms with E-state index in [1.807, 2.05) is 0 Å². The number of hydrogen-bond donors (Lipinski definition) is 2. The van der Waals surface area contributed by atoms with E-state index in [1.165, 1.54) is 15.2 Å². The van der Waals surface area contributed by atoms with E-state index < -0.39 is 16.1 Å². The smallest absolute Gasteiger partial charge is 0.262 e. The van der Waals surface area contributed by atoms with Gasteiger partial charge in [-0.1, -0.05) is 0 Å². The highest BCUT2D eigenvalue weighted by molar-refractivity contribution is 7.89. The molecule has 0 saturated carbocycles. The number of morpholine rings is 1. The van der Waals surface area contributed by atoms with Gasteiger partial charge in [0.2, 0.25) is 0 Å². The Morgan fingerprint density at radius 2 is 2.32 bits per heavy atom. The zero-order chi connectivity index (χ0) is 14.2. The normalized spacial score (nSPS) is 25.6. The Bertz CT molecular complexity index is 536. The molecule has 1 aliphatic rings. The zero-order valence-corrected chi connectivity index (χ0v) is 11.7. The first kappa shape index (κ1) is 14.3. The molecule has 1 aromatic heterocycles. The predicted octanol–water partition coefficient (Wildman–Crippen LogP) is -1.23. The minimum absolute atomic E-state index is 0.0262. The van der Waals surface area contributed by atoms with Crippen LogP contribution in [0, 0.1) is 0 Å². The van der Waals surface area contributed by atoms with E-state index in [0.717, 1.165) is 0 Å². The molecule has 1 fully saturated rings. The largest absolute Gasteiger partial charge is 0.394 e. The summed E-state index contributed by atoms with van der Waals surface area (Å²) in [6.45, 7) is 1.87. The van der Waals surface area contributed by atoms with E-state index >= 15 is 0 Å². The lowest BCUT2D eigenvalue weighted by molar-refractivity contribution is -0.0517. The van der Waals surface area contributed by atoms with E-state index in [0.29, 0.717) is 0 Å². The molecule has 1 saturated heterocycles. The average Bonchev–Trinajstić information content (AvgIpc) is 2.70. The number of imidazole rings is 1. The van der Waals surface area contributed by atoms with Crippen LogP contribution in [0.5, 0.6) is 0 Å². The van der Waals surface area contributed by atoms with Gasteiger partial charge in [-0.15, -0.1) is 0 Å². The third kappa shape index (κ3) is 2.46. The molecule has 2 atom stereocenters. The van der Waals surface area contributed by atoms with E-state index in [9.17, 15) is 8.42 Å². The minimum atomic E-state index is -3.75. The van der Waals surface area contributed by atoms with E-state index in [-0.39, 0.29) is 36.6 Å². The number of aliphatic hydroxyl groups is 1. The number of aryl methyl sites for hydroxylation is 1. The summed E-state index contributed by atoms with van der Waals surface area (Å²) in [4.78, 5) is 3.80. The van der Waals surface area contributed by atoms with E-state index in [2.05, 4.69) is 4.98 Å². The van der Waals surface area contributed by atoms with Crippen molar-refractivity contribution in [2.24, 2.45) is 7.05 Å². The molecule has 0 radical (unpaired) electrons. The van der Waals surface area contributed by atoms with Gasteiger partial charge in [-0.3, -0.25) is 0 Å². The second-order valence-electron chi connectivity index (χ2n) is 4.61. The number of ether oxygens (including phenoxy) is 1. The average molecular weight is 290 g/mol. The fourth-order valence-corrected chi connectivity index (χ4v) is 3.95. The molecular formula is C10H18N4O4S. The maximum atomic E-state index is 12.6. The Labute approximate surface area is 111 Å². The number of aromatic nitrogens is 2. The first-order chi connectivity index (χ1) is 8.87. The number of anilines is 1. The molecule has 0 aliphatic carbocycles. The van der Waals surface area contributed by atoms with Crippen molar-refractivity contribution >= 4 is 15.8 Å². The van der Waals surface area contributed by atoms with Crippen LogP contribution in [0.4, 0.5) is 5.82 Å². The van der Waals surface area contributed by atoms with Crippen LogP contribution in [0.1, 0.15) is 6.92 Å². The Morgan fingerprint density at radius 1 is 1.63 bits per heavy atom. The molecule has 9 heteroatoms. The van der Waals surface area contributed by atoms with Crippen LogP contribution in [-0.4, -0.2) is 59.3 Å². The van der Waals surface area contributed by atoms with Gasteiger partial charge >= 0.3 is 0 Å². The van der Waals surface area contributed by atoms with Crippen molar-refractivity contribution in [2.75, 3.05) is 25.5 Å². The quantitative estimate of drug-likeness (QED) is 0.721. The Hall–Kier alpha value is -1.16. The molecule has 108 valence electrons. The Morgan fingerprint density at radius 3 is 2.84 bits per heavy atom. The predicted molar refractivity (Wildman–Crippen MR) is 67.8 cm³/mol. The van der Waals surface area contributed by atoms with Crippen LogP contribution >= 0.6 is 0 Å². The summed E-state index contributed by atoms with van der Waals surface area (Å²) in [6, 6.07) is -0.318. The van der Waals surface area contributed by atoms with Crippen molar-refractivity contribution in [1.29, 1.82) is 0 Å². The Balaban J connectivity index is 2.38. The molecule has 0 amide bonds. The maximum absolute atomic E-state index is 12.6. The summed E-state index contributed by atoms with van der Waals surface area (Å²) in [6.07, 6.45) is 0.844. The third-order valence-corrected chi connectivity index (χ3v) is 5.23. The standard InChI is InChI=1S/C10H18N4O4S/c1-7-5-18-8(4-15)3-14(7)19(16,17)10-9(11)12-6-13(10)2/h6-8,15H,3-5,11H2,1-2H3. The van der Waals surface area contributed by atoms with Gasteiger partial charge in [0.15, 0.2) is 10.8 Å². The van der Waals surface area contributed by atoms with E-state index in [4.69, 9.17) is 15.6 Å². The van der Waals surface area contributed by atoms with Crippen molar-refractivity contribution in [3.05, 3.63) is 6.33 Å². The number of nitrogens with two attached hydrogens (primary N) is 1. The highest BCUT2D eigenvalue weighted by Gasteiger charge is 2.38. The number of aliphatic hydroxyl groups excluding tert-OH is 1. The third-order valence-electron chi connectivity index (χ3n) is 3.11. The molecule has 1 aromatic rings. The molecule has 0 spiro atoms. The molecule has 0 aromatic carbocycles. The highest BCUT2D eigenvalue weighted by Crippen LogP contribution is 2.25. The van der Waals surface area contributed by atoms with Crippen LogP contribution < -0.4 is 5.73 Å². The van der Waals surface area contributed by atoms with Gasteiger partial charge in [0, 0.05) is 19.6 Å². The fraction of sp³-hybridized carbons (Fsp3) is 0.700. The summed E-state index contributed by atoms with van der Waals surface area (Å²) in [5, 5.41) is 9.08. The summed E-state index contributed by atoms with van der Waals surface area (Å²) in [5.74, 6) is -0.0262. The SMILES string of the molecule is CC1COC(CO)CN1S(=O)(=O)c1c(N)ncn1C. The lowest BCUT2D eigenvalue weighted by atomic mass is 10.2. The lowest BCUT2D eigenvalue weighted by Gasteiger charge is -2.36. The van der Waals surface area contributed by atoms with Gasteiger partial charge in [-0.05, 0) is 6.92 Å². The molecule has 2 unspecified atom stereocenters. The van der Waals surface area contributed by atoms with Crippen molar-refractivity contribution < 1.29 is 18.3 Å². The first-order valence-electron chi connectivity index (χ1n) is 5.89. The van der Waals surface area contributed by atoms with Crippen molar-refractivity contribution in [3.8, 4) is 0 Å². The number of nitrogen functional groups attached to an aromatic ring is 1. The maximum Gasteiger partial charge on any atom is 0.262 e. The molecule has 8 nitrogen and oxygen atoms in total. The molecule has 2 heterocycles. The molecule has 2 rings (SSSR count). The van der Waals surface area contributed by atoms with Crippen molar-refractivity contribution in [1.82, 2.24) is 13.9 Å². The first-order valence-corrected chi connectivity index (χ1v) is 7.33. The van der Waals surface area contributed by atoms with Crippen molar-refractivity contribution in [2.45, 2.75) is 24.1 Å². The van der Waals surface area contributed by atoms with Gasteiger partial charge in [-0.2, -0.15) is 4.31 Å². The zero-order valence-electron chi connectivity index (χ0n) is 10.9. The molecule has 1 aliphatic heterocycles. The molecule has 3 N–H and O–H groups in total. The second-order valence-corrected chi connectivity index (χ2v) is 6.41. The summed E-state index contributed by atoms with van der Waals surface area (Å²) in [7, 11) is -2.18. The number of nitrogens with zero attached hydrogens (tertiary/aromatic N) is 3. The molecule has 0 bridgehead atoms. The van der Waals surface area contributed by atoms with E-state index in [1.54, 1.807) is 14.0 Å². The minimum Gasteiger partial charge on any atom is -0.394 e. The van der Waals surface area contributed by atoms with Gasteiger partial charge in [0.25, 0.3) is 10.0 Å². The van der Waals surface area contributed by atoms with Crippen molar-refractivity contribution in [3.63, 3.8) is 0 Å². The molecular weight excluding hydrogens is 272 g/mol. The summed E-state index contributed by atoms with van der Waals surface area (Å²) in [5.41, 5.74) is 5.63. The van der Waals surface area contributed by atoms with Gasteiger partial charge in [0.05, 0.1) is 25.6 Å². The monoisotopic (exact) mass is 290 g/mol. The topological polar surface area (TPSA) is 111 Å². The highest BCUT2D eigenvalue weighted by atomic mass is 32.2. The number of rotatable bonds is 3. The summed E-state index contributed by atoms with van der Waals surface area (Å²) < 4.78 is 33.2. The Kier molecular flexibility index (Phi) is 3.81. The molecule has 19 heavy (non-hydrogen) atoms. The van der Waals surface area contributed by atoms with Gasteiger partial charge in [-0.25, -0.2) is 13.4 Å². The van der Waals surface area contributed by atoms with Gasteiger partial charge in [0.1, 0.15) is 0 Å². The summed E-state index contributed by atoms with van der Waals surface area (Å²) >= 11 is 0. The van der Waals surface area contributed by atoms with Crippen LogP contribution in [-0.2, 0) is 21.8 Å². The lowest BCUT2D eigenvalue weighted by Crippen LogP contribution is -2.52. The number of sulfonamides is 1. The van der Waals surface area contributed by atoms with Crippen LogP contribution in [0.3, 0.4) is 0 Å². The van der Waals surface area contributed by atoms with Crippen LogP contribution in [0.2, 0.25) is 0 Å². The van der Waals surface area contributed by atoms with Crippen LogP contribution in [0.25, 0.3) is 0 Å². The number of hydrogen-bond acceptors (Lipinski definition) is 6. The fourth-order valence-electron chi connectivity index (χ4n) is 2.10. The van der Waals surface area contributed by atoms with Gasteiger partial charge < -0.3 is 20.1 Å². The second kappa shape index (κ2) is 5.08. The van der Waals surface area contributed by atoms with Crippen LogP contribution in [0.15, 0.2) is 11.4 Å².